The number of ether oxygens (including phenoxy) is 1. The summed E-state index contributed by atoms with van der Waals surface area (Å²) < 4.78 is 5.92. The summed E-state index contributed by atoms with van der Waals surface area (Å²) in [7, 11) is 0. The molecule has 0 aromatic heterocycles. The van der Waals surface area contributed by atoms with E-state index in [0.29, 0.717) is 23.0 Å². The Morgan fingerprint density at radius 1 is 1.12 bits per heavy atom. The van der Waals surface area contributed by atoms with Crippen molar-refractivity contribution in [3.63, 3.8) is 0 Å². The maximum Gasteiger partial charge on any atom is 0.0556 e. The van der Waals surface area contributed by atoms with Crippen LogP contribution in [-0.4, -0.2) is 24.8 Å². The standard InChI is InChI=1S/C15H27NO/c1-10-7-15(8-11(2)17-10)13(14(15,3)4)9-16-12-5-6-12/h10-13,16H,5-9H2,1-4H3. The molecule has 0 aromatic carbocycles. The molecule has 1 heterocycles. The summed E-state index contributed by atoms with van der Waals surface area (Å²) in [6, 6.07) is 0.845. The molecule has 0 aromatic rings. The van der Waals surface area contributed by atoms with E-state index < -0.39 is 0 Å². The SMILES string of the molecule is CC1CC2(CC(C)O1)C(CNC1CC1)C2(C)C. The molecule has 3 fully saturated rings. The smallest absolute Gasteiger partial charge is 0.0556 e. The van der Waals surface area contributed by atoms with E-state index in [0.717, 1.165) is 12.0 Å². The molecule has 17 heavy (non-hydrogen) atoms. The van der Waals surface area contributed by atoms with Gasteiger partial charge in [0.05, 0.1) is 12.2 Å². The zero-order valence-corrected chi connectivity index (χ0v) is 11.8. The molecule has 0 radical (unpaired) electrons. The van der Waals surface area contributed by atoms with E-state index in [1.807, 2.05) is 0 Å². The van der Waals surface area contributed by atoms with Crippen LogP contribution in [0.5, 0.6) is 0 Å². The van der Waals surface area contributed by atoms with Crippen molar-refractivity contribution >= 4 is 0 Å². The molecule has 98 valence electrons. The maximum absolute atomic E-state index is 5.92. The quantitative estimate of drug-likeness (QED) is 0.815. The third kappa shape index (κ3) is 1.84. The molecule has 2 aliphatic carbocycles. The van der Waals surface area contributed by atoms with Crippen LogP contribution in [0.1, 0.15) is 53.4 Å². The minimum absolute atomic E-state index is 0.448. The average molecular weight is 237 g/mol. The van der Waals surface area contributed by atoms with Crippen LogP contribution < -0.4 is 5.32 Å². The Morgan fingerprint density at radius 3 is 2.24 bits per heavy atom. The second kappa shape index (κ2) is 3.71. The lowest BCUT2D eigenvalue weighted by Gasteiger charge is -2.35. The van der Waals surface area contributed by atoms with Gasteiger partial charge in [-0.25, -0.2) is 0 Å². The average Bonchev–Trinajstić information content (AvgIpc) is 3.05. The summed E-state index contributed by atoms with van der Waals surface area (Å²) in [6.07, 6.45) is 6.22. The van der Waals surface area contributed by atoms with Gasteiger partial charge in [0.2, 0.25) is 0 Å². The van der Waals surface area contributed by atoms with Gasteiger partial charge in [0, 0.05) is 6.04 Å². The lowest BCUT2D eigenvalue weighted by molar-refractivity contribution is -0.0693. The molecule has 1 aliphatic heterocycles. The van der Waals surface area contributed by atoms with Gasteiger partial charge >= 0.3 is 0 Å². The van der Waals surface area contributed by atoms with Crippen LogP contribution in [-0.2, 0) is 4.74 Å². The number of rotatable bonds is 3. The van der Waals surface area contributed by atoms with E-state index in [1.54, 1.807) is 0 Å². The normalized spacial score (nSPS) is 48.4. The Labute approximate surface area is 105 Å². The second-order valence-electron chi connectivity index (χ2n) is 7.28. The summed E-state index contributed by atoms with van der Waals surface area (Å²) in [5.41, 5.74) is 1.08. The molecular formula is C15H27NO. The van der Waals surface area contributed by atoms with E-state index >= 15 is 0 Å². The van der Waals surface area contributed by atoms with E-state index in [9.17, 15) is 0 Å². The van der Waals surface area contributed by atoms with Crippen molar-refractivity contribution in [2.24, 2.45) is 16.7 Å². The fourth-order valence-corrected chi connectivity index (χ4v) is 4.50. The van der Waals surface area contributed by atoms with E-state index in [2.05, 4.69) is 33.0 Å². The minimum Gasteiger partial charge on any atom is -0.376 e. The van der Waals surface area contributed by atoms with Crippen LogP contribution in [0.3, 0.4) is 0 Å². The van der Waals surface area contributed by atoms with Gasteiger partial charge in [-0.1, -0.05) is 13.8 Å². The zero-order valence-electron chi connectivity index (χ0n) is 11.8. The summed E-state index contributed by atoms with van der Waals surface area (Å²) in [5.74, 6) is 0.865. The predicted molar refractivity (Wildman–Crippen MR) is 70.0 cm³/mol. The van der Waals surface area contributed by atoms with Crippen molar-refractivity contribution in [1.29, 1.82) is 0 Å². The van der Waals surface area contributed by atoms with Gasteiger partial charge in [-0.3, -0.25) is 0 Å². The Balaban J connectivity index is 1.68. The Bertz CT molecular complexity index is 298. The van der Waals surface area contributed by atoms with Crippen molar-refractivity contribution in [1.82, 2.24) is 5.32 Å². The van der Waals surface area contributed by atoms with E-state index in [4.69, 9.17) is 4.74 Å². The molecule has 2 heteroatoms. The second-order valence-corrected chi connectivity index (χ2v) is 7.28. The largest absolute Gasteiger partial charge is 0.376 e. The predicted octanol–water partition coefficient (Wildman–Crippen LogP) is 2.97. The van der Waals surface area contributed by atoms with Crippen LogP contribution in [0, 0.1) is 16.7 Å². The van der Waals surface area contributed by atoms with Gasteiger partial charge in [-0.05, 0) is 62.8 Å². The highest BCUT2D eigenvalue weighted by Crippen LogP contribution is 2.74. The Kier molecular flexibility index (Phi) is 2.61. The molecule has 0 bridgehead atoms. The van der Waals surface area contributed by atoms with Gasteiger partial charge in [0.1, 0.15) is 0 Å². The third-order valence-electron chi connectivity index (χ3n) is 5.69. The molecule has 3 rings (SSSR count). The first-order chi connectivity index (χ1) is 7.96. The molecule has 1 spiro atoms. The molecule has 1 saturated heterocycles. The van der Waals surface area contributed by atoms with Crippen LogP contribution >= 0.6 is 0 Å². The van der Waals surface area contributed by atoms with Crippen molar-refractivity contribution < 1.29 is 4.74 Å². The number of hydrogen-bond donors (Lipinski definition) is 1. The molecule has 0 amide bonds. The van der Waals surface area contributed by atoms with Crippen LogP contribution in [0.2, 0.25) is 0 Å². The monoisotopic (exact) mass is 237 g/mol. The van der Waals surface area contributed by atoms with Crippen LogP contribution in [0.4, 0.5) is 0 Å². The highest BCUT2D eigenvalue weighted by Gasteiger charge is 2.71. The lowest BCUT2D eigenvalue weighted by Crippen LogP contribution is -2.34. The van der Waals surface area contributed by atoms with Crippen molar-refractivity contribution in [3.8, 4) is 0 Å². The number of hydrogen-bond acceptors (Lipinski definition) is 2. The molecular weight excluding hydrogens is 210 g/mol. The Morgan fingerprint density at radius 2 is 1.71 bits per heavy atom. The zero-order chi connectivity index (χ0) is 12.3. The molecule has 3 atom stereocenters. The van der Waals surface area contributed by atoms with Crippen LogP contribution in [0.25, 0.3) is 0 Å². The van der Waals surface area contributed by atoms with Gasteiger partial charge in [-0.2, -0.15) is 0 Å². The van der Waals surface area contributed by atoms with Gasteiger partial charge in [0.25, 0.3) is 0 Å². The van der Waals surface area contributed by atoms with E-state index in [-0.39, 0.29) is 0 Å². The third-order valence-corrected chi connectivity index (χ3v) is 5.69. The van der Waals surface area contributed by atoms with Crippen molar-refractivity contribution in [3.05, 3.63) is 0 Å². The first-order valence-corrected chi connectivity index (χ1v) is 7.34. The molecule has 2 nitrogen and oxygen atoms in total. The summed E-state index contributed by atoms with van der Waals surface area (Å²) >= 11 is 0. The fraction of sp³-hybridized carbons (Fsp3) is 1.00. The van der Waals surface area contributed by atoms with Gasteiger partial charge in [0.15, 0.2) is 0 Å². The maximum atomic E-state index is 5.92. The highest BCUT2D eigenvalue weighted by molar-refractivity contribution is 5.19. The van der Waals surface area contributed by atoms with Crippen molar-refractivity contribution in [2.75, 3.05) is 6.54 Å². The van der Waals surface area contributed by atoms with Crippen LogP contribution in [0.15, 0.2) is 0 Å². The molecule has 1 N–H and O–H groups in total. The summed E-state index contributed by atoms with van der Waals surface area (Å²) in [4.78, 5) is 0. The van der Waals surface area contributed by atoms with Gasteiger partial charge < -0.3 is 10.1 Å². The lowest BCUT2D eigenvalue weighted by atomic mass is 9.82. The topological polar surface area (TPSA) is 21.3 Å². The van der Waals surface area contributed by atoms with E-state index in [1.165, 1.54) is 32.2 Å². The minimum atomic E-state index is 0.448. The first kappa shape index (κ1) is 12.0. The summed E-state index contributed by atoms with van der Waals surface area (Å²) in [6.45, 7) is 10.7. The number of nitrogens with one attached hydrogen (secondary N) is 1. The Hall–Kier alpha value is -0.0800. The highest BCUT2D eigenvalue weighted by atomic mass is 16.5. The first-order valence-electron chi connectivity index (χ1n) is 7.34. The molecule has 2 saturated carbocycles. The molecule has 3 aliphatic rings. The van der Waals surface area contributed by atoms with Crippen molar-refractivity contribution in [2.45, 2.75) is 71.6 Å². The summed E-state index contributed by atoms with van der Waals surface area (Å²) in [5, 5.41) is 3.73. The fourth-order valence-electron chi connectivity index (χ4n) is 4.50. The van der Waals surface area contributed by atoms with Gasteiger partial charge in [-0.15, -0.1) is 0 Å². The molecule has 3 unspecified atom stereocenters.